The molecule has 23 heavy (non-hydrogen) atoms. The topological polar surface area (TPSA) is 65.4 Å². The Morgan fingerprint density at radius 2 is 1.87 bits per heavy atom. The summed E-state index contributed by atoms with van der Waals surface area (Å²) < 4.78 is 12.1. The van der Waals surface area contributed by atoms with Gasteiger partial charge < -0.3 is 14.8 Å². The molecular formula is C17H23N3O3. The number of methoxy groups -OCH3 is 2. The van der Waals surface area contributed by atoms with Gasteiger partial charge in [-0.25, -0.2) is 0 Å². The maximum Gasteiger partial charge on any atom is 0.260 e. The van der Waals surface area contributed by atoms with Gasteiger partial charge in [0.15, 0.2) is 0 Å². The van der Waals surface area contributed by atoms with E-state index in [9.17, 15) is 4.79 Å². The minimum atomic E-state index is -0.257. The third-order valence-electron chi connectivity index (χ3n) is 3.54. The van der Waals surface area contributed by atoms with Gasteiger partial charge in [-0.1, -0.05) is 20.8 Å². The van der Waals surface area contributed by atoms with Crippen molar-refractivity contribution in [3.05, 3.63) is 35.5 Å². The summed E-state index contributed by atoms with van der Waals surface area (Å²) in [7, 11) is 4.89. The number of carbonyl (C=O) groups excluding carboxylic acids is 1. The lowest BCUT2D eigenvalue weighted by atomic mass is 9.92. The van der Waals surface area contributed by atoms with E-state index in [2.05, 4.69) is 31.2 Å². The van der Waals surface area contributed by atoms with E-state index >= 15 is 0 Å². The fourth-order valence-corrected chi connectivity index (χ4v) is 2.12. The lowest BCUT2D eigenvalue weighted by molar-refractivity contribution is 0.102. The number of benzene rings is 1. The zero-order chi connectivity index (χ0) is 17.2. The average Bonchev–Trinajstić information content (AvgIpc) is 2.87. The van der Waals surface area contributed by atoms with Gasteiger partial charge in [0.25, 0.3) is 5.91 Å². The van der Waals surface area contributed by atoms with Crippen molar-refractivity contribution in [1.29, 1.82) is 0 Å². The Kier molecular flexibility index (Phi) is 4.63. The molecule has 0 aliphatic rings. The molecule has 2 aromatic rings. The first-order chi connectivity index (χ1) is 10.8. The molecule has 124 valence electrons. The third kappa shape index (κ3) is 3.64. The number of carbonyl (C=O) groups is 1. The smallest absolute Gasteiger partial charge is 0.260 e. The van der Waals surface area contributed by atoms with Crippen LogP contribution in [0.25, 0.3) is 0 Å². The standard InChI is InChI=1S/C17H23N3O3/c1-17(2,3)14-10-15(20(4)19-14)18-16(21)12-8-7-11(22-5)9-13(12)23-6/h7-10H,1-6H3,(H,18,21). The van der Waals surface area contributed by atoms with Crippen LogP contribution in [0.5, 0.6) is 11.5 Å². The molecular weight excluding hydrogens is 294 g/mol. The van der Waals surface area contributed by atoms with E-state index in [1.165, 1.54) is 7.11 Å². The van der Waals surface area contributed by atoms with Gasteiger partial charge in [0.2, 0.25) is 0 Å². The number of hydrogen-bond donors (Lipinski definition) is 1. The van der Waals surface area contributed by atoms with Crippen molar-refractivity contribution in [1.82, 2.24) is 9.78 Å². The van der Waals surface area contributed by atoms with Crippen molar-refractivity contribution in [2.45, 2.75) is 26.2 Å². The summed E-state index contributed by atoms with van der Waals surface area (Å²) in [5.41, 5.74) is 1.27. The Bertz CT molecular complexity index is 714. The van der Waals surface area contributed by atoms with E-state index < -0.39 is 0 Å². The molecule has 0 saturated heterocycles. The molecule has 0 saturated carbocycles. The van der Waals surface area contributed by atoms with Crippen LogP contribution in [0.15, 0.2) is 24.3 Å². The maximum absolute atomic E-state index is 12.5. The van der Waals surface area contributed by atoms with E-state index in [0.717, 1.165) is 5.69 Å². The van der Waals surface area contributed by atoms with E-state index in [4.69, 9.17) is 9.47 Å². The summed E-state index contributed by atoms with van der Waals surface area (Å²) in [5, 5.41) is 7.32. The van der Waals surface area contributed by atoms with Crippen LogP contribution in [-0.4, -0.2) is 29.9 Å². The SMILES string of the molecule is COc1ccc(C(=O)Nc2cc(C(C)(C)C)nn2C)c(OC)c1. The van der Waals surface area contributed by atoms with Gasteiger partial charge in [-0.3, -0.25) is 9.48 Å². The number of anilines is 1. The molecule has 2 rings (SSSR count). The Morgan fingerprint density at radius 1 is 1.17 bits per heavy atom. The van der Waals surface area contributed by atoms with Gasteiger partial charge in [-0.2, -0.15) is 5.10 Å². The van der Waals surface area contributed by atoms with Crippen LogP contribution in [0, 0.1) is 0 Å². The summed E-state index contributed by atoms with van der Waals surface area (Å²) in [6.07, 6.45) is 0. The predicted molar refractivity (Wildman–Crippen MR) is 89.4 cm³/mol. The molecule has 1 heterocycles. The van der Waals surface area contributed by atoms with Gasteiger partial charge >= 0.3 is 0 Å². The predicted octanol–water partition coefficient (Wildman–Crippen LogP) is 2.99. The highest BCUT2D eigenvalue weighted by Gasteiger charge is 2.21. The number of ether oxygens (including phenoxy) is 2. The highest BCUT2D eigenvalue weighted by molar-refractivity contribution is 6.06. The molecule has 0 fully saturated rings. The lowest BCUT2D eigenvalue weighted by Gasteiger charge is -2.13. The monoisotopic (exact) mass is 317 g/mol. The number of hydrogen-bond acceptors (Lipinski definition) is 4. The second-order valence-corrected chi connectivity index (χ2v) is 6.31. The minimum Gasteiger partial charge on any atom is -0.497 e. The van der Waals surface area contributed by atoms with Crippen LogP contribution in [0.3, 0.4) is 0 Å². The number of nitrogens with one attached hydrogen (secondary N) is 1. The lowest BCUT2D eigenvalue weighted by Crippen LogP contribution is -2.15. The molecule has 6 nitrogen and oxygen atoms in total. The van der Waals surface area contributed by atoms with Crippen molar-refractivity contribution in [2.75, 3.05) is 19.5 Å². The first-order valence-electron chi connectivity index (χ1n) is 7.34. The maximum atomic E-state index is 12.5. The van der Waals surface area contributed by atoms with E-state index in [0.29, 0.717) is 22.9 Å². The van der Waals surface area contributed by atoms with Crippen LogP contribution in [0.4, 0.5) is 5.82 Å². The van der Waals surface area contributed by atoms with Crippen molar-refractivity contribution >= 4 is 11.7 Å². The molecule has 0 unspecified atom stereocenters. The number of aromatic nitrogens is 2. The highest BCUT2D eigenvalue weighted by Crippen LogP contribution is 2.27. The quantitative estimate of drug-likeness (QED) is 0.941. The molecule has 1 aromatic carbocycles. The Morgan fingerprint density at radius 3 is 2.39 bits per heavy atom. The molecule has 0 bridgehead atoms. The molecule has 1 N–H and O–H groups in total. The fourth-order valence-electron chi connectivity index (χ4n) is 2.12. The molecule has 0 aliphatic carbocycles. The fraction of sp³-hybridized carbons (Fsp3) is 0.412. The molecule has 6 heteroatoms. The average molecular weight is 317 g/mol. The van der Waals surface area contributed by atoms with Gasteiger partial charge in [0.1, 0.15) is 17.3 Å². The zero-order valence-electron chi connectivity index (χ0n) is 14.4. The summed E-state index contributed by atoms with van der Waals surface area (Å²) in [5.74, 6) is 1.47. The minimum absolute atomic E-state index is 0.0848. The van der Waals surface area contributed by atoms with Crippen LogP contribution in [0.2, 0.25) is 0 Å². The molecule has 0 spiro atoms. The number of nitrogens with zero attached hydrogens (tertiary/aromatic N) is 2. The van der Waals surface area contributed by atoms with Crippen molar-refractivity contribution in [3.63, 3.8) is 0 Å². The van der Waals surface area contributed by atoms with E-state index in [-0.39, 0.29) is 11.3 Å². The molecule has 0 radical (unpaired) electrons. The normalized spacial score (nSPS) is 11.2. The van der Waals surface area contributed by atoms with Crippen molar-refractivity contribution in [2.24, 2.45) is 7.05 Å². The van der Waals surface area contributed by atoms with Crippen LogP contribution >= 0.6 is 0 Å². The molecule has 1 aromatic heterocycles. The summed E-state index contributed by atoms with van der Waals surface area (Å²) >= 11 is 0. The Labute approximate surface area is 136 Å². The van der Waals surface area contributed by atoms with Crippen molar-refractivity contribution < 1.29 is 14.3 Å². The Balaban J connectivity index is 2.28. The first-order valence-corrected chi connectivity index (χ1v) is 7.34. The van der Waals surface area contributed by atoms with Gasteiger partial charge in [-0.05, 0) is 12.1 Å². The van der Waals surface area contributed by atoms with E-state index in [1.807, 2.05) is 6.07 Å². The number of rotatable bonds is 4. The van der Waals surface area contributed by atoms with Crippen LogP contribution in [0.1, 0.15) is 36.8 Å². The molecule has 0 aliphatic heterocycles. The number of amides is 1. The van der Waals surface area contributed by atoms with Gasteiger partial charge in [0, 0.05) is 24.6 Å². The van der Waals surface area contributed by atoms with Crippen LogP contribution < -0.4 is 14.8 Å². The first kappa shape index (κ1) is 16.9. The van der Waals surface area contributed by atoms with Gasteiger partial charge in [0.05, 0.1) is 25.5 Å². The summed E-state index contributed by atoms with van der Waals surface area (Å²) in [6, 6.07) is 6.96. The second kappa shape index (κ2) is 6.32. The highest BCUT2D eigenvalue weighted by atomic mass is 16.5. The Hall–Kier alpha value is -2.50. The van der Waals surface area contributed by atoms with Crippen molar-refractivity contribution in [3.8, 4) is 11.5 Å². The second-order valence-electron chi connectivity index (χ2n) is 6.31. The summed E-state index contributed by atoms with van der Waals surface area (Å²) in [4.78, 5) is 12.5. The summed E-state index contributed by atoms with van der Waals surface area (Å²) in [6.45, 7) is 6.23. The zero-order valence-corrected chi connectivity index (χ0v) is 14.4. The number of aryl methyl sites for hydroxylation is 1. The van der Waals surface area contributed by atoms with Crippen LogP contribution in [-0.2, 0) is 12.5 Å². The third-order valence-corrected chi connectivity index (χ3v) is 3.54. The van der Waals surface area contributed by atoms with E-state index in [1.54, 1.807) is 37.0 Å². The van der Waals surface area contributed by atoms with Gasteiger partial charge in [-0.15, -0.1) is 0 Å². The molecule has 1 amide bonds. The largest absolute Gasteiger partial charge is 0.497 e. The molecule has 0 atom stereocenters.